The molecule has 0 aliphatic carbocycles. The lowest BCUT2D eigenvalue weighted by atomic mass is 9.95. The molecule has 0 saturated carbocycles. The lowest BCUT2D eigenvalue weighted by molar-refractivity contribution is -0.117. The standard InChI is InChI=1S/C19H14ClN3O3S2/c1-9-17(28-10(2)22-9)15(24)13-14(11-5-3-4-6-12(11)20)23(18(26)16(13)25)19-21-7-8-27-19/h3-8,14,25H,1-2H3. The number of rotatable bonds is 4. The van der Waals surface area contributed by atoms with E-state index in [0.717, 1.165) is 5.01 Å². The van der Waals surface area contributed by atoms with Gasteiger partial charge in [-0.2, -0.15) is 0 Å². The Bertz CT molecular complexity index is 1120. The first-order chi connectivity index (χ1) is 13.4. The summed E-state index contributed by atoms with van der Waals surface area (Å²) in [4.78, 5) is 36.5. The molecule has 1 aliphatic heterocycles. The fourth-order valence-corrected chi connectivity index (χ4v) is 5.00. The fraction of sp³-hybridized carbons (Fsp3) is 0.158. The molecule has 1 N–H and O–H groups in total. The smallest absolute Gasteiger partial charge is 0.296 e. The average molecular weight is 432 g/mol. The van der Waals surface area contributed by atoms with E-state index in [2.05, 4.69) is 9.97 Å². The quantitative estimate of drug-likeness (QED) is 0.608. The summed E-state index contributed by atoms with van der Waals surface area (Å²) >= 11 is 8.87. The first kappa shape index (κ1) is 18.8. The summed E-state index contributed by atoms with van der Waals surface area (Å²) in [6.07, 6.45) is 1.56. The number of aryl methyl sites for hydroxylation is 2. The molecular formula is C19H14ClN3O3S2. The summed E-state index contributed by atoms with van der Waals surface area (Å²) < 4.78 is 0. The molecule has 0 saturated heterocycles. The number of ketones is 1. The Balaban J connectivity index is 1.92. The number of amides is 1. The van der Waals surface area contributed by atoms with Crippen molar-refractivity contribution in [2.75, 3.05) is 4.90 Å². The van der Waals surface area contributed by atoms with Crippen molar-refractivity contribution in [1.29, 1.82) is 0 Å². The summed E-state index contributed by atoms with van der Waals surface area (Å²) in [5, 5.41) is 13.9. The van der Waals surface area contributed by atoms with E-state index < -0.39 is 23.5 Å². The number of Topliss-reactive ketones (excluding diaryl/α,β-unsaturated/α-hetero) is 1. The van der Waals surface area contributed by atoms with Crippen molar-refractivity contribution in [2.45, 2.75) is 19.9 Å². The molecule has 1 unspecified atom stereocenters. The van der Waals surface area contributed by atoms with Crippen LogP contribution < -0.4 is 4.90 Å². The number of halogens is 1. The number of hydrogen-bond donors (Lipinski definition) is 1. The van der Waals surface area contributed by atoms with Crippen molar-refractivity contribution in [2.24, 2.45) is 0 Å². The van der Waals surface area contributed by atoms with Crippen molar-refractivity contribution >= 4 is 51.1 Å². The second-order valence-electron chi connectivity index (χ2n) is 6.15. The monoisotopic (exact) mass is 431 g/mol. The summed E-state index contributed by atoms with van der Waals surface area (Å²) in [7, 11) is 0. The van der Waals surface area contributed by atoms with Gasteiger partial charge in [0.1, 0.15) is 0 Å². The van der Waals surface area contributed by atoms with Crippen LogP contribution in [0.1, 0.15) is 32.0 Å². The van der Waals surface area contributed by atoms with Crippen LogP contribution in [-0.2, 0) is 4.79 Å². The lowest BCUT2D eigenvalue weighted by Gasteiger charge is -2.25. The number of anilines is 1. The first-order valence-electron chi connectivity index (χ1n) is 8.29. The van der Waals surface area contributed by atoms with E-state index in [4.69, 9.17) is 11.6 Å². The molecule has 0 spiro atoms. The van der Waals surface area contributed by atoms with E-state index in [1.54, 1.807) is 49.7 Å². The molecular weight excluding hydrogens is 418 g/mol. The van der Waals surface area contributed by atoms with Crippen LogP contribution in [0.5, 0.6) is 0 Å². The number of aliphatic hydroxyl groups excluding tert-OH is 1. The zero-order valence-electron chi connectivity index (χ0n) is 14.8. The molecule has 1 aliphatic rings. The molecule has 3 heterocycles. The minimum atomic E-state index is -0.873. The molecule has 4 rings (SSSR count). The summed E-state index contributed by atoms with van der Waals surface area (Å²) in [5.74, 6) is -1.70. The topological polar surface area (TPSA) is 83.4 Å². The third-order valence-corrected chi connectivity index (χ3v) is 6.57. The maximum absolute atomic E-state index is 13.4. The normalized spacial score (nSPS) is 16.9. The van der Waals surface area contributed by atoms with Crippen molar-refractivity contribution in [3.8, 4) is 0 Å². The Morgan fingerprint density at radius 2 is 2.04 bits per heavy atom. The molecule has 1 amide bonds. The minimum absolute atomic E-state index is 0.0138. The van der Waals surface area contributed by atoms with Gasteiger partial charge in [-0.1, -0.05) is 29.8 Å². The molecule has 142 valence electrons. The van der Waals surface area contributed by atoms with Crippen LogP contribution in [0.2, 0.25) is 5.02 Å². The lowest BCUT2D eigenvalue weighted by Crippen LogP contribution is -2.31. The van der Waals surface area contributed by atoms with E-state index in [-0.39, 0.29) is 5.57 Å². The zero-order valence-corrected chi connectivity index (χ0v) is 17.2. The van der Waals surface area contributed by atoms with Crippen molar-refractivity contribution in [3.05, 3.63) is 73.3 Å². The van der Waals surface area contributed by atoms with Crippen molar-refractivity contribution < 1.29 is 14.7 Å². The van der Waals surface area contributed by atoms with Gasteiger partial charge in [0, 0.05) is 16.6 Å². The number of thiazole rings is 2. The van der Waals surface area contributed by atoms with Gasteiger partial charge in [0.05, 0.1) is 27.2 Å². The Labute approximate surface area is 173 Å². The molecule has 0 bridgehead atoms. The summed E-state index contributed by atoms with van der Waals surface area (Å²) in [5.41, 5.74) is 1.09. The first-order valence-corrected chi connectivity index (χ1v) is 10.4. The van der Waals surface area contributed by atoms with Crippen LogP contribution in [0.15, 0.2) is 47.2 Å². The van der Waals surface area contributed by atoms with E-state index in [0.29, 0.717) is 26.3 Å². The molecule has 1 aromatic carbocycles. The van der Waals surface area contributed by atoms with E-state index in [9.17, 15) is 14.7 Å². The molecule has 2 aromatic heterocycles. The van der Waals surface area contributed by atoms with E-state index >= 15 is 0 Å². The van der Waals surface area contributed by atoms with Crippen LogP contribution in [0, 0.1) is 13.8 Å². The van der Waals surface area contributed by atoms with Gasteiger partial charge in [0.2, 0.25) is 5.78 Å². The molecule has 0 radical (unpaired) electrons. The van der Waals surface area contributed by atoms with Crippen LogP contribution in [0.25, 0.3) is 0 Å². The third kappa shape index (κ3) is 2.94. The van der Waals surface area contributed by atoms with Gasteiger partial charge < -0.3 is 5.11 Å². The van der Waals surface area contributed by atoms with Gasteiger partial charge in [-0.15, -0.1) is 22.7 Å². The van der Waals surface area contributed by atoms with Crippen LogP contribution in [0.4, 0.5) is 5.13 Å². The SMILES string of the molecule is Cc1nc(C)c(C(=O)C2=C(O)C(=O)N(c3nccs3)C2c2ccccc2Cl)s1. The third-order valence-electron chi connectivity index (χ3n) is 4.39. The molecule has 28 heavy (non-hydrogen) atoms. The Hall–Kier alpha value is -2.55. The molecule has 6 nitrogen and oxygen atoms in total. The number of carbonyl (C=O) groups is 2. The number of aromatic nitrogens is 2. The van der Waals surface area contributed by atoms with Crippen molar-refractivity contribution in [3.63, 3.8) is 0 Å². The predicted molar refractivity (Wildman–Crippen MR) is 109 cm³/mol. The highest BCUT2D eigenvalue weighted by atomic mass is 35.5. The summed E-state index contributed by atoms with van der Waals surface area (Å²) in [6, 6.07) is 6.07. The van der Waals surface area contributed by atoms with Gasteiger partial charge in [-0.25, -0.2) is 9.97 Å². The van der Waals surface area contributed by atoms with E-state index in [1.807, 2.05) is 0 Å². The highest BCUT2D eigenvalue weighted by molar-refractivity contribution is 7.14. The predicted octanol–water partition coefficient (Wildman–Crippen LogP) is 4.65. The van der Waals surface area contributed by atoms with E-state index in [1.165, 1.54) is 27.6 Å². The molecule has 1 atom stereocenters. The van der Waals surface area contributed by atoms with Crippen LogP contribution in [-0.4, -0.2) is 26.8 Å². The minimum Gasteiger partial charge on any atom is -0.503 e. The molecule has 9 heteroatoms. The number of carbonyl (C=O) groups excluding carboxylic acids is 2. The molecule has 3 aromatic rings. The van der Waals surface area contributed by atoms with Gasteiger partial charge in [-0.3, -0.25) is 14.5 Å². The second-order valence-corrected chi connectivity index (χ2v) is 8.64. The van der Waals surface area contributed by atoms with Crippen LogP contribution in [0.3, 0.4) is 0 Å². The maximum atomic E-state index is 13.4. The average Bonchev–Trinajstić information content (AvgIpc) is 3.35. The number of aliphatic hydroxyl groups is 1. The van der Waals surface area contributed by atoms with Crippen LogP contribution >= 0.6 is 34.3 Å². The Kier molecular flexibility index (Phi) is 4.78. The number of hydrogen-bond acceptors (Lipinski definition) is 7. The fourth-order valence-electron chi connectivity index (χ4n) is 3.22. The Morgan fingerprint density at radius 3 is 2.64 bits per heavy atom. The largest absolute Gasteiger partial charge is 0.503 e. The highest BCUT2D eigenvalue weighted by Crippen LogP contribution is 2.44. The molecule has 0 fully saturated rings. The maximum Gasteiger partial charge on any atom is 0.296 e. The zero-order chi connectivity index (χ0) is 20.0. The second kappa shape index (κ2) is 7.12. The Morgan fingerprint density at radius 1 is 1.29 bits per heavy atom. The van der Waals surface area contributed by atoms with Gasteiger partial charge in [0.25, 0.3) is 5.91 Å². The van der Waals surface area contributed by atoms with Gasteiger partial charge in [-0.05, 0) is 25.5 Å². The van der Waals surface area contributed by atoms with Gasteiger partial charge >= 0.3 is 0 Å². The number of nitrogens with zero attached hydrogens (tertiary/aromatic N) is 3. The van der Waals surface area contributed by atoms with Crippen molar-refractivity contribution in [1.82, 2.24) is 9.97 Å². The van der Waals surface area contributed by atoms with Gasteiger partial charge in [0.15, 0.2) is 10.9 Å². The summed E-state index contributed by atoms with van der Waals surface area (Å²) in [6.45, 7) is 3.53. The number of benzene rings is 1. The highest BCUT2D eigenvalue weighted by Gasteiger charge is 2.46.